The number of hydrogen-bond acceptors (Lipinski definition) is 4. The number of aromatic amines is 1. The van der Waals surface area contributed by atoms with Gasteiger partial charge in [0.15, 0.2) is 9.84 Å². The number of hydrogen-bond donors (Lipinski definition) is 2. The maximum absolute atomic E-state index is 11.8. The van der Waals surface area contributed by atoms with Gasteiger partial charge in [0.05, 0.1) is 11.9 Å². The van der Waals surface area contributed by atoms with Crippen molar-refractivity contribution < 1.29 is 13.2 Å². The number of carbonyl (C=O) groups is 1. The van der Waals surface area contributed by atoms with E-state index in [0.717, 1.165) is 0 Å². The van der Waals surface area contributed by atoms with Gasteiger partial charge in [-0.3, -0.25) is 9.89 Å². The Labute approximate surface area is 110 Å². The highest BCUT2D eigenvalue weighted by atomic mass is 32.2. The fourth-order valence-corrected chi connectivity index (χ4v) is 2.37. The van der Waals surface area contributed by atoms with E-state index in [-0.39, 0.29) is 11.7 Å². The van der Waals surface area contributed by atoms with E-state index < -0.39 is 9.84 Å². The van der Waals surface area contributed by atoms with Crippen molar-refractivity contribution in [3.05, 3.63) is 47.7 Å². The monoisotopic (exact) mass is 279 g/mol. The molecule has 0 atom stereocenters. The molecule has 0 aliphatic heterocycles. The summed E-state index contributed by atoms with van der Waals surface area (Å²) in [6.45, 7) is 0. The second kappa shape index (κ2) is 5.23. The summed E-state index contributed by atoms with van der Waals surface area (Å²) < 4.78 is 22.3. The van der Waals surface area contributed by atoms with Crippen molar-refractivity contribution in [3.63, 3.8) is 0 Å². The molecule has 2 N–H and O–H groups in total. The Bertz CT molecular complexity index is 661. The average molecular weight is 279 g/mol. The minimum Gasteiger partial charge on any atom is -0.307 e. The highest BCUT2D eigenvalue weighted by Crippen LogP contribution is 2.09. The van der Waals surface area contributed by atoms with Crippen LogP contribution in [0.1, 0.15) is 15.9 Å². The number of anilines is 1. The van der Waals surface area contributed by atoms with Crippen molar-refractivity contribution in [1.82, 2.24) is 10.2 Å². The SMILES string of the molecule is CS(=O)(=O)Cc1ccc(C(=O)Nc2ccn[nH]2)cc1. The lowest BCUT2D eigenvalue weighted by Gasteiger charge is -2.04. The largest absolute Gasteiger partial charge is 0.307 e. The topological polar surface area (TPSA) is 91.9 Å². The lowest BCUT2D eigenvalue weighted by atomic mass is 10.1. The third-order valence-corrected chi connectivity index (χ3v) is 3.25. The second-order valence-electron chi connectivity index (χ2n) is 4.19. The summed E-state index contributed by atoms with van der Waals surface area (Å²) in [6.07, 6.45) is 2.71. The first-order valence-corrected chi connectivity index (χ1v) is 7.57. The molecule has 1 aromatic heterocycles. The zero-order chi connectivity index (χ0) is 13.9. The predicted molar refractivity (Wildman–Crippen MR) is 71.5 cm³/mol. The van der Waals surface area contributed by atoms with E-state index in [9.17, 15) is 13.2 Å². The lowest BCUT2D eigenvalue weighted by molar-refractivity contribution is 0.102. The summed E-state index contributed by atoms with van der Waals surface area (Å²) in [5.74, 6) is 0.190. The van der Waals surface area contributed by atoms with Crippen LogP contribution in [0.3, 0.4) is 0 Å². The molecule has 0 aliphatic rings. The zero-order valence-corrected chi connectivity index (χ0v) is 11.1. The van der Waals surface area contributed by atoms with Crippen LogP contribution in [0.2, 0.25) is 0 Å². The minimum atomic E-state index is -3.07. The van der Waals surface area contributed by atoms with Gasteiger partial charge in [-0.25, -0.2) is 8.42 Å². The van der Waals surface area contributed by atoms with Gasteiger partial charge in [-0.1, -0.05) is 12.1 Å². The van der Waals surface area contributed by atoms with Crippen molar-refractivity contribution in [2.45, 2.75) is 5.75 Å². The van der Waals surface area contributed by atoms with E-state index in [1.807, 2.05) is 0 Å². The van der Waals surface area contributed by atoms with Gasteiger partial charge in [-0.15, -0.1) is 0 Å². The Morgan fingerprint density at radius 2 is 1.95 bits per heavy atom. The number of H-pyrrole nitrogens is 1. The average Bonchev–Trinajstić information content (AvgIpc) is 2.80. The Morgan fingerprint density at radius 1 is 1.26 bits per heavy atom. The first kappa shape index (κ1) is 13.3. The van der Waals surface area contributed by atoms with Crippen LogP contribution >= 0.6 is 0 Å². The minimum absolute atomic E-state index is 0.0323. The summed E-state index contributed by atoms with van der Waals surface area (Å²) in [7, 11) is -3.07. The van der Waals surface area contributed by atoms with Gasteiger partial charge < -0.3 is 5.32 Å². The van der Waals surface area contributed by atoms with Gasteiger partial charge in [-0.05, 0) is 17.7 Å². The normalized spacial score (nSPS) is 11.2. The van der Waals surface area contributed by atoms with Crippen molar-refractivity contribution in [2.75, 3.05) is 11.6 Å². The maximum Gasteiger partial charge on any atom is 0.256 e. The third kappa shape index (κ3) is 3.92. The Morgan fingerprint density at radius 3 is 2.47 bits per heavy atom. The molecule has 0 radical (unpaired) electrons. The second-order valence-corrected chi connectivity index (χ2v) is 6.33. The quantitative estimate of drug-likeness (QED) is 0.879. The lowest BCUT2D eigenvalue weighted by Crippen LogP contribution is -2.12. The van der Waals surface area contributed by atoms with E-state index >= 15 is 0 Å². The Balaban J connectivity index is 2.08. The Kier molecular flexibility index (Phi) is 3.66. The van der Waals surface area contributed by atoms with Gasteiger partial charge in [0.2, 0.25) is 0 Å². The van der Waals surface area contributed by atoms with Crippen molar-refractivity contribution in [3.8, 4) is 0 Å². The molecule has 19 heavy (non-hydrogen) atoms. The van der Waals surface area contributed by atoms with Crippen molar-refractivity contribution in [2.24, 2.45) is 0 Å². The van der Waals surface area contributed by atoms with Crippen LogP contribution in [0, 0.1) is 0 Å². The van der Waals surface area contributed by atoms with Crippen LogP contribution in [0.5, 0.6) is 0 Å². The van der Waals surface area contributed by atoms with Crippen LogP contribution in [0.15, 0.2) is 36.5 Å². The molecule has 1 heterocycles. The van der Waals surface area contributed by atoms with Gasteiger partial charge in [0.25, 0.3) is 5.91 Å². The van der Waals surface area contributed by atoms with Crippen molar-refractivity contribution >= 4 is 21.6 Å². The molecule has 6 nitrogen and oxygen atoms in total. The predicted octanol–water partition coefficient (Wildman–Crippen LogP) is 1.21. The molecule has 0 aliphatic carbocycles. The summed E-state index contributed by atoms with van der Waals surface area (Å²) in [5.41, 5.74) is 1.10. The zero-order valence-electron chi connectivity index (χ0n) is 10.3. The molecule has 0 saturated heterocycles. The molecule has 100 valence electrons. The fraction of sp³-hybridized carbons (Fsp3) is 0.167. The molecule has 1 aromatic carbocycles. The highest BCUT2D eigenvalue weighted by molar-refractivity contribution is 7.89. The van der Waals surface area contributed by atoms with Gasteiger partial charge >= 0.3 is 0 Å². The summed E-state index contributed by atoms with van der Waals surface area (Å²) in [6, 6.07) is 8.07. The smallest absolute Gasteiger partial charge is 0.256 e. The number of sulfone groups is 1. The van der Waals surface area contributed by atoms with E-state index in [1.54, 1.807) is 30.3 Å². The number of carbonyl (C=O) groups excluding carboxylic acids is 1. The Hall–Kier alpha value is -2.15. The molecule has 0 bridgehead atoms. The number of nitrogens with one attached hydrogen (secondary N) is 2. The molecule has 0 unspecified atom stereocenters. The number of rotatable bonds is 4. The van der Waals surface area contributed by atoms with Gasteiger partial charge in [-0.2, -0.15) is 5.10 Å². The summed E-state index contributed by atoms with van der Waals surface area (Å²) in [5, 5.41) is 8.97. The van der Waals surface area contributed by atoms with E-state index in [4.69, 9.17) is 0 Å². The van der Waals surface area contributed by atoms with E-state index in [1.165, 1.54) is 12.5 Å². The van der Waals surface area contributed by atoms with Crippen LogP contribution in [-0.4, -0.2) is 30.8 Å². The van der Waals surface area contributed by atoms with Crippen LogP contribution in [0.25, 0.3) is 0 Å². The molecular formula is C12H13N3O3S. The summed E-state index contributed by atoms with van der Waals surface area (Å²) in [4.78, 5) is 11.8. The molecule has 0 spiro atoms. The van der Waals surface area contributed by atoms with Crippen LogP contribution < -0.4 is 5.32 Å². The van der Waals surface area contributed by atoms with E-state index in [2.05, 4.69) is 15.5 Å². The first-order chi connectivity index (χ1) is 8.94. The van der Waals surface area contributed by atoms with Gasteiger partial charge in [0, 0.05) is 17.9 Å². The number of benzene rings is 1. The number of amides is 1. The van der Waals surface area contributed by atoms with Crippen LogP contribution in [-0.2, 0) is 15.6 Å². The fourth-order valence-electron chi connectivity index (χ4n) is 1.58. The molecule has 0 saturated carbocycles. The summed E-state index contributed by atoms with van der Waals surface area (Å²) >= 11 is 0. The highest BCUT2D eigenvalue weighted by Gasteiger charge is 2.08. The van der Waals surface area contributed by atoms with E-state index in [0.29, 0.717) is 16.9 Å². The molecule has 7 heteroatoms. The maximum atomic E-state index is 11.8. The molecule has 2 rings (SSSR count). The van der Waals surface area contributed by atoms with Gasteiger partial charge in [0.1, 0.15) is 5.82 Å². The van der Waals surface area contributed by atoms with Crippen LogP contribution in [0.4, 0.5) is 5.82 Å². The molecule has 0 fully saturated rings. The number of nitrogens with zero attached hydrogens (tertiary/aromatic N) is 1. The molecule has 1 amide bonds. The third-order valence-electron chi connectivity index (χ3n) is 2.39. The molecule has 2 aromatic rings. The number of aromatic nitrogens is 2. The molecular weight excluding hydrogens is 266 g/mol. The first-order valence-electron chi connectivity index (χ1n) is 5.51. The van der Waals surface area contributed by atoms with Crippen molar-refractivity contribution in [1.29, 1.82) is 0 Å². The standard InChI is InChI=1S/C12H13N3O3S/c1-19(17,18)8-9-2-4-10(5-3-9)12(16)14-11-6-7-13-15-11/h2-7H,8H2,1H3,(H2,13,14,15,16).